The number of rotatable bonds is 9. The van der Waals surface area contributed by atoms with E-state index in [4.69, 9.17) is 32.9 Å². The first kappa shape index (κ1) is 33.8. The van der Waals surface area contributed by atoms with E-state index in [2.05, 4.69) is 46.0 Å². The van der Waals surface area contributed by atoms with Crippen molar-refractivity contribution >= 4 is 50.9 Å². The summed E-state index contributed by atoms with van der Waals surface area (Å²) in [6, 6.07) is 22.1. The number of hydrogen-bond acceptors (Lipinski definition) is 5. The maximum absolute atomic E-state index is 17.2. The average Bonchev–Trinajstić information content (AvgIpc) is 3.43. The van der Waals surface area contributed by atoms with Crippen LogP contribution in [0.5, 0.6) is 0 Å². The fourth-order valence-electron chi connectivity index (χ4n) is 9.17. The van der Waals surface area contributed by atoms with Gasteiger partial charge in [-0.2, -0.15) is 5.26 Å². The Kier molecular flexibility index (Phi) is 8.54. The normalized spacial score (nSPS) is 24.4. The maximum Gasteiger partial charge on any atom is 0.226 e. The highest BCUT2D eigenvalue weighted by Gasteiger charge is 2.51. The number of amides is 1. The number of nitrogens with one attached hydrogen (secondary N) is 1. The highest BCUT2D eigenvalue weighted by molar-refractivity contribution is 6.43. The van der Waals surface area contributed by atoms with Crippen molar-refractivity contribution in [3.8, 4) is 17.2 Å². The molecule has 6 atom stereocenters. The fourth-order valence-corrected chi connectivity index (χ4v) is 9.57. The predicted octanol–water partition coefficient (Wildman–Crippen LogP) is 9.43. The molecule has 2 aliphatic carbocycles. The second-order valence-corrected chi connectivity index (χ2v) is 15.9. The Balaban J connectivity index is 1.24. The molecular weight excluding hydrogens is 696 g/mol. The molecule has 5 heterocycles. The van der Waals surface area contributed by atoms with Crippen LogP contribution in [0.15, 0.2) is 60.7 Å². The number of fused-ring (bicyclic) bond motifs is 4. The minimum atomic E-state index is -0.474. The van der Waals surface area contributed by atoms with Gasteiger partial charge in [0.25, 0.3) is 0 Å². The third-order valence-corrected chi connectivity index (χ3v) is 12.7. The first-order valence-corrected chi connectivity index (χ1v) is 19.2. The Hall–Kier alpha value is -4.00. The molecule has 0 spiro atoms. The molecule has 6 unspecified atom stereocenters. The van der Waals surface area contributed by atoms with Crippen molar-refractivity contribution in [2.75, 3.05) is 13.1 Å². The van der Waals surface area contributed by atoms with Gasteiger partial charge < -0.3 is 19.5 Å². The lowest BCUT2D eigenvalue weighted by Gasteiger charge is -2.39. The maximum atomic E-state index is 17.2. The Labute approximate surface area is 312 Å². The summed E-state index contributed by atoms with van der Waals surface area (Å²) in [5.74, 6) is 0.209. The summed E-state index contributed by atoms with van der Waals surface area (Å²) in [6.45, 7) is 5.47. The second-order valence-electron chi connectivity index (χ2n) is 15.1. The monoisotopic (exact) mass is 735 g/mol. The largest absolute Gasteiger partial charge is 0.369 e. The number of aryl methyl sites for hydroxylation is 2. The van der Waals surface area contributed by atoms with Gasteiger partial charge in [0.2, 0.25) is 5.91 Å². The minimum Gasteiger partial charge on any atom is -0.369 e. The van der Waals surface area contributed by atoms with Crippen molar-refractivity contribution < 1.29 is 13.9 Å². The van der Waals surface area contributed by atoms with E-state index in [1.165, 1.54) is 0 Å². The molecule has 5 aromatic rings. The van der Waals surface area contributed by atoms with E-state index in [-0.39, 0.29) is 59.1 Å². The summed E-state index contributed by atoms with van der Waals surface area (Å²) < 4.78 is 26.3. The number of nitriles is 1. The molecule has 10 rings (SSSR count). The number of aromatic nitrogens is 2. The number of halogens is 3. The molecule has 2 aromatic heterocycles. The zero-order valence-electron chi connectivity index (χ0n) is 29.2. The Morgan fingerprint density at radius 3 is 2.63 bits per heavy atom. The van der Waals surface area contributed by atoms with Crippen LogP contribution in [0.25, 0.3) is 32.9 Å². The van der Waals surface area contributed by atoms with Crippen LogP contribution in [0.3, 0.4) is 0 Å². The quantitative estimate of drug-likeness (QED) is 0.163. The van der Waals surface area contributed by atoms with Crippen LogP contribution in [0, 0.1) is 35.9 Å². The van der Waals surface area contributed by atoms with Crippen molar-refractivity contribution in [1.82, 2.24) is 19.8 Å². The molecule has 1 amide bonds. The number of hydrogen-bond donors (Lipinski definition) is 1. The zero-order valence-corrected chi connectivity index (χ0v) is 30.7. The third kappa shape index (κ3) is 5.51. The van der Waals surface area contributed by atoms with Gasteiger partial charge in [0.15, 0.2) is 5.82 Å². The highest BCUT2D eigenvalue weighted by atomic mass is 35.5. The molecule has 5 aliphatic rings. The number of nitrogens with zero attached hydrogens (tertiary/aromatic N) is 4. The highest BCUT2D eigenvalue weighted by Crippen LogP contribution is 2.51. The summed E-state index contributed by atoms with van der Waals surface area (Å²) in [5, 5.41) is 15.6. The number of carbonyl (C=O) groups is 1. The van der Waals surface area contributed by atoms with Crippen LogP contribution in [0.2, 0.25) is 10.0 Å². The van der Waals surface area contributed by atoms with Gasteiger partial charge in [-0.1, -0.05) is 65.7 Å². The number of ether oxygens (including phenoxy) is 1. The summed E-state index contributed by atoms with van der Waals surface area (Å²) in [6.07, 6.45) is 3.90. The van der Waals surface area contributed by atoms with E-state index < -0.39 is 5.82 Å². The molecule has 5 fully saturated rings. The van der Waals surface area contributed by atoms with Crippen LogP contribution < -0.4 is 5.32 Å². The van der Waals surface area contributed by atoms with Gasteiger partial charge in [-0.3, -0.25) is 4.79 Å². The molecule has 10 heteroatoms. The lowest BCUT2D eigenvalue weighted by Crippen LogP contribution is -2.41. The summed E-state index contributed by atoms with van der Waals surface area (Å²) in [5.41, 5.74) is 5.57. The molecular formula is C42H40Cl2FN5O2. The van der Waals surface area contributed by atoms with E-state index in [1.54, 1.807) is 18.2 Å². The number of likely N-dealkylation sites (tertiary alicyclic amines) is 1. The standard InChI is InChI=1S/C42H40Cl2FN5O2/c1-22-30-19-35(34-18-28(21-49(34)42(51)25-13-14-25)52-23(2)24-8-4-3-5-9-24)50(40-27-17-33(40)47-20-27)41(30)31-16-26(10-7-15-46)36(38(45)39(31)48-22)29-11-6-12-32(43)37(29)44/h3-6,8-9,11-12,16,19,23,25,27-28,33-34,40,47H,7,10,13-14,17-18,20-21H2,1-2H3. The molecule has 1 N–H and O–H groups in total. The van der Waals surface area contributed by atoms with E-state index in [0.717, 1.165) is 53.7 Å². The van der Waals surface area contributed by atoms with E-state index in [9.17, 15) is 10.1 Å². The first-order chi connectivity index (χ1) is 25.2. The van der Waals surface area contributed by atoms with Crippen LogP contribution in [0.1, 0.15) is 79.7 Å². The zero-order chi connectivity index (χ0) is 35.8. The number of benzene rings is 3. The molecule has 2 bridgehead atoms. The van der Waals surface area contributed by atoms with Crippen LogP contribution >= 0.6 is 23.2 Å². The van der Waals surface area contributed by atoms with Gasteiger partial charge in [0.05, 0.1) is 45.9 Å². The van der Waals surface area contributed by atoms with Crippen LogP contribution in [-0.2, 0) is 16.0 Å². The molecule has 266 valence electrons. The van der Waals surface area contributed by atoms with Crippen molar-refractivity contribution in [2.45, 2.75) is 82.7 Å². The average molecular weight is 737 g/mol. The Morgan fingerprint density at radius 1 is 1.12 bits per heavy atom. The van der Waals surface area contributed by atoms with E-state index in [1.807, 2.05) is 31.2 Å². The molecule has 7 nitrogen and oxygen atoms in total. The van der Waals surface area contributed by atoms with Gasteiger partial charge in [-0.15, -0.1) is 0 Å². The summed E-state index contributed by atoms with van der Waals surface area (Å²) in [7, 11) is 0. The molecule has 2 saturated carbocycles. The lowest BCUT2D eigenvalue weighted by molar-refractivity contribution is -0.134. The van der Waals surface area contributed by atoms with Gasteiger partial charge >= 0.3 is 0 Å². The fraction of sp³-hybridized carbons (Fsp3) is 0.405. The van der Waals surface area contributed by atoms with E-state index >= 15 is 4.39 Å². The lowest BCUT2D eigenvalue weighted by atomic mass is 9.79. The van der Waals surface area contributed by atoms with Gasteiger partial charge in [0.1, 0.15) is 5.52 Å². The molecule has 52 heavy (non-hydrogen) atoms. The predicted molar refractivity (Wildman–Crippen MR) is 202 cm³/mol. The first-order valence-electron chi connectivity index (χ1n) is 18.5. The Bertz CT molecular complexity index is 2270. The summed E-state index contributed by atoms with van der Waals surface area (Å²) >= 11 is 13.1. The smallest absolute Gasteiger partial charge is 0.226 e. The SMILES string of the molecule is Cc1nc2c(F)c(-c3cccc(Cl)c3Cl)c(CCC#N)cc2c2c1cc(C1CC(OC(C)c3ccccc3)CN1C(=O)C1CC1)n2C1C2CNC1C2. The number of carbonyl (C=O) groups excluding carboxylic acids is 1. The second kappa shape index (κ2) is 13.1. The third-order valence-electron chi connectivity index (χ3n) is 11.9. The van der Waals surface area contributed by atoms with Crippen molar-refractivity contribution in [3.05, 3.63) is 99.0 Å². The van der Waals surface area contributed by atoms with Gasteiger partial charge in [-0.25, -0.2) is 9.37 Å². The topological polar surface area (TPSA) is 83.2 Å². The molecule has 0 radical (unpaired) electrons. The van der Waals surface area contributed by atoms with Gasteiger partial charge in [0, 0.05) is 71.2 Å². The van der Waals surface area contributed by atoms with E-state index in [0.29, 0.717) is 52.4 Å². The number of pyridine rings is 1. The van der Waals surface area contributed by atoms with Gasteiger partial charge in [-0.05, 0) is 74.8 Å². The van der Waals surface area contributed by atoms with Crippen molar-refractivity contribution in [1.29, 1.82) is 5.26 Å². The minimum absolute atomic E-state index is 0.0601. The summed E-state index contributed by atoms with van der Waals surface area (Å²) in [4.78, 5) is 21.0. The molecule has 3 saturated heterocycles. The van der Waals surface area contributed by atoms with Crippen molar-refractivity contribution in [3.63, 3.8) is 0 Å². The van der Waals surface area contributed by atoms with Crippen LogP contribution in [-0.4, -0.2) is 45.6 Å². The van der Waals surface area contributed by atoms with Crippen molar-refractivity contribution in [2.24, 2.45) is 11.8 Å². The Morgan fingerprint density at radius 2 is 1.92 bits per heavy atom. The molecule has 3 aliphatic heterocycles. The van der Waals surface area contributed by atoms with Crippen LogP contribution in [0.4, 0.5) is 4.39 Å². The molecule has 3 aromatic carbocycles.